The van der Waals surface area contributed by atoms with Crippen molar-refractivity contribution in [1.82, 2.24) is 15.1 Å². The van der Waals surface area contributed by atoms with Gasteiger partial charge in [0.05, 0.1) is 12.6 Å². The monoisotopic (exact) mass is 403 g/mol. The maximum atomic E-state index is 13.0. The van der Waals surface area contributed by atoms with E-state index in [0.717, 1.165) is 5.56 Å². The molecule has 0 radical (unpaired) electrons. The number of carbonyl (C=O) groups is 2. The van der Waals surface area contributed by atoms with Crippen LogP contribution in [0.25, 0.3) is 0 Å². The van der Waals surface area contributed by atoms with E-state index in [0.29, 0.717) is 36.8 Å². The van der Waals surface area contributed by atoms with Gasteiger partial charge in [-0.1, -0.05) is 29.8 Å². The SMILES string of the molecule is CC(NC(=O)CN1CCN(C(=O)c2cccc(Cl)c2)CC1)c1ccc(F)cc1. The average molecular weight is 404 g/mol. The van der Waals surface area contributed by atoms with Crippen LogP contribution < -0.4 is 5.32 Å². The molecule has 2 aromatic carbocycles. The summed E-state index contributed by atoms with van der Waals surface area (Å²) in [6.07, 6.45) is 0. The lowest BCUT2D eigenvalue weighted by molar-refractivity contribution is -0.123. The standard InChI is InChI=1S/C21H23ClFN3O2/c1-15(16-5-7-19(23)8-6-16)24-20(27)14-25-9-11-26(12-10-25)21(28)17-3-2-4-18(22)13-17/h2-8,13,15H,9-12,14H2,1H3,(H,24,27). The van der Waals surface area contributed by atoms with Gasteiger partial charge in [0.2, 0.25) is 5.91 Å². The van der Waals surface area contributed by atoms with Crippen LogP contribution in [0.3, 0.4) is 0 Å². The number of rotatable bonds is 5. The second kappa shape index (κ2) is 9.17. The zero-order valence-electron chi connectivity index (χ0n) is 15.7. The molecule has 1 atom stereocenters. The molecule has 7 heteroatoms. The fourth-order valence-corrected chi connectivity index (χ4v) is 3.43. The zero-order valence-corrected chi connectivity index (χ0v) is 16.5. The predicted molar refractivity (Wildman–Crippen MR) is 107 cm³/mol. The molecular weight excluding hydrogens is 381 g/mol. The number of piperazine rings is 1. The van der Waals surface area contributed by atoms with Crippen molar-refractivity contribution in [2.75, 3.05) is 32.7 Å². The van der Waals surface area contributed by atoms with E-state index in [9.17, 15) is 14.0 Å². The van der Waals surface area contributed by atoms with E-state index >= 15 is 0 Å². The summed E-state index contributed by atoms with van der Waals surface area (Å²) in [5, 5.41) is 3.47. The van der Waals surface area contributed by atoms with Crippen molar-refractivity contribution in [1.29, 1.82) is 0 Å². The zero-order chi connectivity index (χ0) is 20.1. The molecule has 1 saturated heterocycles. The fraction of sp³-hybridized carbons (Fsp3) is 0.333. The largest absolute Gasteiger partial charge is 0.348 e. The maximum absolute atomic E-state index is 13.0. The molecule has 2 amide bonds. The smallest absolute Gasteiger partial charge is 0.253 e. The predicted octanol–water partition coefficient (Wildman–Crippen LogP) is 3.11. The highest BCUT2D eigenvalue weighted by atomic mass is 35.5. The van der Waals surface area contributed by atoms with Crippen molar-refractivity contribution in [3.63, 3.8) is 0 Å². The lowest BCUT2D eigenvalue weighted by atomic mass is 10.1. The molecule has 28 heavy (non-hydrogen) atoms. The molecule has 1 heterocycles. The van der Waals surface area contributed by atoms with Gasteiger partial charge >= 0.3 is 0 Å². The number of benzene rings is 2. The van der Waals surface area contributed by atoms with Gasteiger partial charge in [-0.25, -0.2) is 4.39 Å². The Balaban J connectivity index is 1.46. The van der Waals surface area contributed by atoms with Gasteiger partial charge in [0.25, 0.3) is 5.91 Å². The van der Waals surface area contributed by atoms with Gasteiger partial charge in [-0.2, -0.15) is 0 Å². The van der Waals surface area contributed by atoms with Gasteiger partial charge < -0.3 is 10.2 Å². The minimum atomic E-state index is -0.299. The molecule has 1 aliphatic heterocycles. The topological polar surface area (TPSA) is 52.7 Å². The van der Waals surface area contributed by atoms with Crippen LogP contribution in [-0.4, -0.2) is 54.3 Å². The quantitative estimate of drug-likeness (QED) is 0.834. The molecule has 0 aromatic heterocycles. The Hall–Kier alpha value is -2.44. The number of amides is 2. The molecule has 0 saturated carbocycles. The molecule has 148 valence electrons. The Bertz CT molecular complexity index is 836. The van der Waals surface area contributed by atoms with Gasteiger partial charge in [0.15, 0.2) is 0 Å². The molecule has 0 aliphatic carbocycles. The molecule has 1 aliphatic rings. The summed E-state index contributed by atoms with van der Waals surface area (Å²) in [5.41, 5.74) is 1.43. The van der Waals surface area contributed by atoms with Crippen LogP contribution in [0, 0.1) is 5.82 Å². The first-order valence-electron chi connectivity index (χ1n) is 9.24. The van der Waals surface area contributed by atoms with Crippen LogP contribution >= 0.6 is 11.6 Å². The first-order valence-corrected chi connectivity index (χ1v) is 9.62. The van der Waals surface area contributed by atoms with Crippen LogP contribution in [0.5, 0.6) is 0 Å². The summed E-state index contributed by atoms with van der Waals surface area (Å²) in [6, 6.07) is 12.8. The highest BCUT2D eigenvalue weighted by molar-refractivity contribution is 6.30. The van der Waals surface area contributed by atoms with Crippen molar-refractivity contribution in [3.8, 4) is 0 Å². The van der Waals surface area contributed by atoms with E-state index in [2.05, 4.69) is 5.32 Å². The van der Waals surface area contributed by atoms with Crippen molar-refractivity contribution < 1.29 is 14.0 Å². The molecular formula is C21H23ClFN3O2. The van der Waals surface area contributed by atoms with Crippen molar-refractivity contribution >= 4 is 23.4 Å². The van der Waals surface area contributed by atoms with E-state index in [1.807, 2.05) is 11.8 Å². The normalized spacial score (nSPS) is 15.9. The molecule has 0 spiro atoms. The summed E-state index contributed by atoms with van der Waals surface area (Å²) in [4.78, 5) is 28.7. The van der Waals surface area contributed by atoms with Gasteiger partial charge in [-0.3, -0.25) is 14.5 Å². The Morgan fingerprint density at radius 1 is 1.11 bits per heavy atom. The van der Waals surface area contributed by atoms with Crippen LogP contribution in [-0.2, 0) is 4.79 Å². The number of hydrogen-bond donors (Lipinski definition) is 1. The summed E-state index contributed by atoms with van der Waals surface area (Å²) < 4.78 is 13.0. The van der Waals surface area contributed by atoms with Crippen LogP contribution in [0.4, 0.5) is 4.39 Å². The van der Waals surface area contributed by atoms with Crippen LogP contribution in [0.2, 0.25) is 5.02 Å². The molecule has 3 rings (SSSR count). The number of nitrogens with zero attached hydrogens (tertiary/aromatic N) is 2. The molecule has 1 unspecified atom stereocenters. The number of hydrogen-bond acceptors (Lipinski definition) is 3. The Kier molecular flexibility index (Phi) is 6.65. The third-order valence-corrected chi connectivity index (χ3v) is 5.08. The summed E-state index contributed by atoms with van der Waals surface area (Å²) in [7, 11) is 0. The van der Waals surface area contributed by atoms with Crippen LogP contribution in [0.1, 0.15) is 28.9 Å². The van der Waals surface area contributed by atoms with E-state index in [-0.39, 0.29) is 30.2 Å². The molecule has 1 N–H and O–H groups in total. The minimum Gasteiger partial charge on any atom is -0.348 e. The van der Waals surface area contributed by atoms with E-state index in [1.54, 1.807) is 41.3 Å². The molecule has 1 fully saturated rings. The highest BCUT2D eigenvalue weighted by Gasteiger charge is 2.23. The van der Waals surface area contributed by atoms with Crippen LogP contribution in [0.15, 0.2) is 48.5 Å². The van der Waals surface area contributed by atoms with Gasteiger partial charge in [0.1, 0.15) is 5.82 Å². The van der Waals surface area contributed by atoms with E-state index in [1.165, 1.54) is 12.1 Å². The molecule has 2 aromatic rings. The van der Waals surface area contributed by atoms with Crippen molar-refractivity contribution in [2.24, 2.45) is 0 Å². The highest BCUT2D eigenvalue weighted by Crippen LogP contribution is 2.15. The third kappa shape index (κ3) is 5.30. The Morgan fingerprint density at radius 3 is 2.43 bits per heavy atom. The number of carbonyl (C=O) groups excluding carboxylic acids is 2. The molecule has 0 bridgehead atoms. The van der Waals surface area contributed by atoms with Crippen molar-refractivity contribution in [2.45, 2.75) is 13.0 Å². The minimum absolute atomic E-state index is 0.0449. The van der Waals surface area contributed by atoms with Gasteiger partial charge in [-0.05, 0) is 42.8 Å². The second-order valence-electron chi connectivity index (χ2n) is 6.92. The third-order valence-electron chi connectivity index (χ3n) is 4.85. The lowest BCUT2D eigenvalue weighted by Crippen LogP contribution is -2.51. The number of nitrogens with one attached hydrogen (secondary N) is 1. The maximum Gasteiger partial charge on any atom is 0.253 e. The number of halogens is 2. The van der Waals surface area contributed by atoms with Gasteiger partial charge in [-0.15, -0.1) is 0 Å². The summed E-state index contributed by atoms with van der Waals surface area (Å²) in [5.74, 6) is -0.435. The Morgan fingerprint density at radius 2 is 1.79 bits per heavy atom. The Labute approximate surface area is 169 Å². The van der Waals surface area contributed by atoms with E-state index < -0.39 is 0 Å². The van der Waals surface area contributed by atoms with E-state index in [4.69, 9.17) is 11.6 Å². The first-order chi connectivity index (χ1) is 13.4. The first kappa shape index (κ1) is 20.3. The summed E-state index contributed by atoms with van der Waals surface area (Å²) in [6.45, 7) is 4.52. The fourth-order valence-electron chi connectivity index (χ4n) is 3.24. The average Bonchev–Trinajstić information content (AvgIpc) is 2.68. The summed E-state index contributed by atoms with van der Waals surface area (Å²) >= 11 is 5.96. The lowest BCUT2D eigenvalue weighted by Gasteiger charge is -2.34. The van der Waals surface area contributed by atoms with Gasteiger partial charge in [0, 0.05) is 36.8 Å². The van der Waals surface area contributed by atoms with Crippen molar-refractivity contribution in [3.05, 3.63) is 70.5 Å². The molecule has 5 nitrogen and oxygen atoms in total. The second-order valence-corrected chi connectivity index (χ2v) is 7.36.